The third kappa shape index (κ3) is 2.18. The molecule has 16 heavy (non-hydrogen) atoms. The number of aliphatic hydroxyl groups is 1. The molecule has 0 bridgehead atoms. The van der Waals surface area contributed by atoms with Gasteiger partial charge in [0.05, 0.1) is 12.3 Å². The molecule has 88 valence electrons. The van der Waals surface area contributed by atoms with Crippen LogP contribution in [0.2, 0.25) is 0 Å². The van der Waals surface area contributed by atoms with Crippen LogP contribution in [0.3, 0.4) is 0 Å². The number of nitrogen functional groups attached to an aromatic ring is 1. The molecule has 1 fully saturated rings. The van der Waals surface area contributed by atoms with Crippen LogP contribution in [-0.2, 0) is 6.54 Å². The summed E-state index contributed by atoms with van der Waals surface area (Å²) in [6, 6.07) is 5.24. The first-order valence-electron chi connectivity index (χ1n) is 5.60. The number of rotatable bonds is 3. The molecule has 1 aliphatic heterocycles. The highest BCUT2D eigenvalue weighted by molar-refractivity contribution is 5.42. The molecule has 3 nitrogen and oxygen atoms in total. The maximum atomic E-state index is 13.7. The fourth-order valence-electron chi connectivity index (χ4n) is 2.25. The van der Waals surface area contributed by atoms with E-state index in [4.69, 9.17) is 5.73 Å². The van der Waals surface area contributed by atoms with Crippen LogP contribution in [0.15, 0.2) is 18.2 Å². The van der Waals surface area contributed by atoms with Gasteiger partial charge < -0.3 is 10.8 Å². The molecule has 1 atom stereocenters. The molecule has 0 aliphatic carbocycles. The maximum absolute atomic E-state index is 13.7. The van der Waals surface area contributed by atoms with E-state index in [1.54, 1.807) is 18.2 Å². The maximum Gasteiger partial charge on any atom is 0.150 e. The summed E-state index contributed by atoms with van der Waals surface area (Å²) in [5, 5.41) is 9.18. The van der Waals surface area contributed by atoms with Gasteiger partial charge in [-0.05, 0) is 25.5 Å². The van der Waals surface area contributed by atoms with Crippen molar-refractivity contribution in [2.45, 2.75) is 25.4 Å². The summed E-state index contributed by atoms with van der Waals surface area (Å²) in [5.41, 5.74) is 6.32. The average molecular weight is 224 g/mol. The lowest BCUT2D eigenvalue weighted by molar-refractivity contribution is 0.152. The van der Waals surface area contributed by atoms with Crippen LogP contribution in [-0.4, -0.2) is 29.2 Å². The average Bonchev–Trinajstić information content (AvgIpc) is 2.72. The second-order valence-corrected chi connectivity index (χ2v) is 4.27. The summed E-state index contributed by atoms with van der Waals surface area (Å²) in [6.07, 6.45) is 2.05. The molecule has 0 amide bonds. The Kier molecular flexibility index (Phi) is 3.41. The third-order valence-electron chi connectivity index (χ3n) is 3.19. The fourth-order valence-corrected chi connectivity index (χ4v) is 2.25. The quantitative estimate of drug-likeness (QED) is 0.762. The van der Waals surface area contributed by atoms with Crippen LogP contribution in [0, 0.1) is 5.82 Å². The van der Waals surface area contributed by atoms with Gasteiger partial charge in [-0.3, -0.25) is 4.90 Å². The Labute approximate surface area is 94.7 Å². The second kappa shape index (κ2) is 4.80. The monoisotopic (exact) mass is 224 g/mol. The van der Waals surface area contributed by atoms with E-state index < -0.39 is 0 Å². The smallest absolute Gasteiger partial charge is 0.150 e. The minimum Gasteiger partial charge on any atom is -0.396 e. The van der Waals surface area contributed by atoms with E-state index in [9.17, 15) is 9.50 Å². The predicted octanol–water partition coefficient (Wildman–Crippen LogP) is 1.36. The molecular weight excluding hydrogens is 207 g/mol. The zero-order chi connectivity index (χ0) is 11.5. The number of halogens is 1. The first kappa shape index (κ1) is 11.4. The normalized spacial score (nSPS) is 21.5. The molecule has 1 saturated heterocycles. The highest BCUT2D eigenvalue weighted by atomic mass is 19.1. The standard InChI is InChI=1S/C12H17FN2O/c13-12-9(3-1-5-11(12)14)7-15-6-2-4-10(15)8-16/h1,3,5,10,16H,2,4,6-8,14H2. The van der Waals surface area contributed by atoms with Gasteiger partial charge in [0.15, 0.2) is 5.82 Å². The molecule has 1 unspecified atom stereocenters. The van der Waals surface area contributed by atoms with Gasteiger partial charge in [0.2, 0.25) is 0 Å². The van der Waals surface area contributed by atoms with E-state index in [0.717, 1.165) is 19.4 Å². The van der Waals surface area contributed by atoms with E-state index in [1.165, 1.54) is 0 Å². The molecule has 0 saturated carbocycles. The van der Waals surface area contributed by atoms with Gasteiger partial charge >= 0.3 is 0 Å². The number of benzene rings is 1. The van der Waals surface area contributed by atoms with Crippen LogP contribution in [0.1, 0.15) is 18.4 Å². The largest absolute Gasteiger partial charge is 0.396 e. The minimum absolute atomic E-state index is 0.143. The molecule has 1 heterocycles. The topological polar surface area (TPSA) is 49.5 Å². The Bertz CT molecular complexity index is 370. The number of anilines is 1. The van der Waals surface area contributed by atoms with Crippen LogP contribution < -0.4 is 5.73 Å². The number of likely N-dealkylation sites (tertiary alicyclic amines) is 1. The molecule has 3 N–H and O–H groups in total. The molecule has 0 spiro atoms. The van der Waals surface area contributed by atoms with Crippen molar-refractivity contribution in [2.75, 3.05) is 18.9 Å². The van der Waals surface area contributed by atoms with Crippen molar-refractivity contribution < 1.29 is 9.50 Å². The van der Waals surface area contributed by atoms with Gasteiger partial charge in [0, 0.05) is 18.2 Å². The van der Waals surface area contributed by atoms with Crippen molar-refractivity contribution in [1.82, 2.24) is 4.90 Å². The number of aliphatic hydroxyl groups excluding tert-OH is 1. The SMILES string of the molecule is Nc1cccc(CN2CCCC2CO)c1F. The lowest BCUT2D eigenvalue weighted by Gasteiger charge is -2.23. The minimum atomic E-state index is -0.328. The fraction of sp³-hybridized carbons (Fsp3) is 0.500. The van der Waals surface area contributed by atoms with Crippen molar-refractivity contribution in [3.63, 3.8) is 0 Å². The number of nitrogens with zero attached hydrogens (tertiary/aromatic N) is 1. The van der Waals surface area contributed by atoms with Gasteiger partial charge in [0.1, 0.15) is 0 Å². The molecule has 4 heteroatoms. The second-order valence-electron chi connectivity index (χ2n) is 4.27. The summed E-state index contributed by atoms with van der Waals surface area (Å²) < 4.78 is 13.7. The number of hydrogen-bond acceptors (Lipinski definition) is 3. The third-order valence-corrected chi connectivity index (χ3v) is 3.19. The first-order valence-corrected chi connectivity index (χ1v) is 5.60. The Hall–Kier alpha value is -1.13. The van der Waals surface area contributed by atoms with E-state index in [-0.39, 0.29) is 24.2 Å². The molecule has 0 aromatic heterocycles. The van der Waals surface area contributed by atoms with Crippen molar-refractivity contribution in [2.24, 2.45) is 0 Å². The molecule has 1 aliphatic rings. The van der Waals surface area contributed by atoms with Gasteiger partial charge in [0.25, 0.3) is 0 Å². The zero-order valence-corrected chi connectivity index (χ0v) is 9.19. The van der Waals surface area contributed by atoms with Gasteiger partial charge in [-0.2, -0.15) is 0 Å². The van der Waals surface area contributed by atoms with Gasteiger partial charge in [-0.15, -0.1) is 0 Å². The van der Waals surface area contributed by atoms with E-state index >= 15 is 0 Å². The molecule has 1 aromatic rings. The predicted molar refractivity (Wildman–Crippen MR) is 61.3 cm³/mol. The zero-order valence-electron chi connectivity index (χ0n) is 9.19. The van der Waals surface area contributed by atoms with Crippen molar-refractivity contribution in [3.8, 4) is 0 Å². The first-order chi connectivity index (χ1) is 7.72. The highest BCUT2D eigenvalue weighted by Gasteiger charge is 2.24. The van der Waals surface area contributed by atoms with Gasteiger partial charge in [-0.25, -0.2) is 4.39 Å². The summed E-state index contributed by atoms with van der Waals surface area (Å²) in [7, 11) is 0. The Morgan fingerprint density at radius 3 is 3.06 bits per heavy atom. The number of nitrogens with two attached hydrogens (primary N) is 1. The lowest BCUT2D eigenvalue weighted by Crippen LogP contribution is -2.31. The summed E-state index contributed by atoms with van der Waals surface area (Å²) in [4.78, 5) is 2.11. The summed E-state index contributed by atoms with van der Waals surface area (Å²) in [6.45, 7) is 1.59. The summed E-state index contributed by atoms with van der Waals surface area (Å²) in [5.74, 6) is -0.328. The van der Waals surface area contributed by atoms with Crippen molar-refractivity contribution >= 4 is 5.69 Å². The van der Waals surface area contributed by atoms with Crippen LogP contribution in [0.4, 0.5) is 10.1 Å². The lowest BCUT2D eigenvalue weighted by atomic mass is 10.1. The van der Waals surface area contributed by atoms with E-state index in [2.05, 4.69) is 4.90 Å². The molecule has 2 rings (SSSR count). The van der Waals surface area contributed by atoms with E-state index in [1.807, 2.05) is 0 Å². The van der Waals surface area contributed by atoms with Gasteiger partial charge in [-0.1, -0.05) is 12.1 Å². The van der Waals surface area contributed by atoms with Crippen LogP contribution in [0.5, 0.6) is 0 Å². The number of hydrogen-bond donors (Lipinski definition) is 2. The summed E-state index contributed by atoms with van der Waals surface area (Å²) >= 11 is 0. The van der Waals surface area contributed by atoms with Crippen molar-refractivity contribution in [1.29, 1.82) is 0 Å². The molecular formula is C12H17FN2O. The van der Waals surface area contributed by atoms with Crippen LogP contribution >= 0.6 is 0 Å². The highest BCUT2D eigenvalue weighted by Crippen LogP contribution is 2.22. The van der Waals surface area contributed by atoms with Crippen molar-refractivity contribution in [3.05, 3.63) is 29.6 Å². The molecule has 1 aromatic carbocycles. The van der Waals surface area contributed by atoms with Crippen LogP contribution in [0.25, 0.3) is 0 Å². The Morgan fingerprint density at radius 1 is 1.50 bits per heavy atom. The Morgan fingerprint density at radius 2 is 2.31 bits per heavy atom. The Balaban J connectivity index is 2.11. The van der Waals surface area contributed by atoms with E-state index in [0.29, 0.717) is 12.1 Å². The molecule has 0 radical (unpaired) electrons.